The molecule has 0 aliphatic heterocycles. The van der Waals surface area contributed by atoms with Gasteiger partial charge in [0.15, 0.2) is 0 Å². The summed E-state index contributed by atoms with van der Waals surface area (Å²) in [6.07, 6.45) is 4.10. The summed E-state index contributed by atoms with van der Waals surface area (Å²) in [5.74, 6) is 0.346. The Balaban J connectivity index is 3.35. The largest absolute Gasteiger partial charge is 0.508 e. The smallest absolute Gasteiger partial charge is 0.434 e. The molecule has 0 saturated carbocycles. The first-order valence-electron chi connectivity index (χ1n) is 4.61. The lowest BCUT2D eigenvalue weighted by Crippen LogP contribution is -2.11. The zero-order valence-corrected chi connectivity index (χ0v) is 8.58. The molecule has 0 fully saturated rings. The Kier molecular flexibility index (Phi) is 7.07. The van der Waals surface area contributed by atoms with Gasteiger partial charge >= 0.3 is 6.16 Å². The summed E-state index contributed by atoms with van der Waals surface area (Å²) in [4.78, 5) is 10.8. The Morgan fingerprint density at radius 2 is 2.00 bits per heavy atom. The Morgan fingerprint density at radius 3 is 2.54 bits per heavy atom. The van der Waals surface area contributed by atoms with Crippen LogP contribution in [0.15, 0.2) is 12.2 Å². The van der Waals surface area contributed by atoms with Gasteiger partial charge in [0, 0.05) is 0 Å². The highest BCUT2D eigenvalue weighted by atomic mass is 16.7. The van der Waals surface area contributed by atoms with Crippen LogP contribution in [0.25, 0.3) is 0 Å². The van der Waals surface area contributed by atoms with Gasteiger partial charge in [-0.1, -0.05) is 32.9 Å². The molecule has 0 aromatic rings. The van der Waals surface area contributed by atoms with Crippen molar-refractivity contribution in [2.24, 2.45) is 5.92 Å². The summed E-state index contributed by atoms with van der Waals surface area (Å²) in [5.41, 5.74) is 0. The average molecular weight is 186 g/mol. The molecule has 0 radical (unpaired) electrons. The molecule has 0 unspecified atom stereocenters. The first-order chi connectivity index (χ1) is 6.16. The summed E-state index contributed by atoms with van der Waals surface area (Å²) in [6.45, 7) is 6.68. The third-order valence-electron chi connectivity index (χ3n) is 1.23. The van der Waals surface area contributed by atoms with Gasteiger partial charge in [0.25, 0.3) is 0 Å². The number of carbonyl (C=O) groups excluding carboxylic acids is 1. The van der Waals surface area contributed by atoms with Crippen molar-refractivity contribution in [2.75, 3.05) is 13.2 Å². The van der Waals surface area contributed by atoms with E-state index in [0.717, 1.165) is 6.42 Å². The zero-order chi connectivity index (χ0) is 10.1. The number of ether oxygens (including phenoxy) is 2. The van der Waals surface area contributed by atoms with Gasteiger partial charge in [-0.3, -0.25) is 0 Å². The zero-order valence-electron chi connectivity index (χ0n) is 8.58. The molecule has 13 heavy (non-hydrogen) atoms. The summed E-state index contributed by atoms with van der Waals surface area (Å²) >= 11 is 0. The average Bonchev–Trinajstić information content (AvgIpc) is 2.09. The Labute approximate surface area is 79.7 Å². The van der Waals surface area contributed by atoms with Crippen molar-refractivity contribution in [1.82, 2.24) is 0 Å². The summed E-state index contributed by atoms with van der Waals surface area (Å²) in [7, 11) is 0. The molecule has 3 nitrogen and oxygen atoms in total. The summed E-state index contributed by atoms with van der Waals surface area (Å²) in [6, 6.07) is 0. The van der Waals surface area contributed by atoms with E-state index >= 15 is 0 Å². The standard InChI is InChI=1S/C10H18O3/c1-4-5-6-7-12-10(11)13-8-9(2)3/h5-6,9H,4,7-8H2,1-3H3/b6-5-. The SMILES string of the molecule is CC/C=C\COC(=O)OCC(C)C. The minimum Gasteiger partial charge on any atom is -0.434 e. The van der Waals surface area contributed by atoms with Crippen LogP contribution < -0.4 is 0 Å². The van der Waals surface area contributed by atoms with Crippen LogP contribution in [0.5, 0.6) is 0 Å². The van der Waals surface area contributed by atoms with E-state index in [0.29, 0.717) is 19.1 Å². The van der Waals surface area contributed by atoms with Crippen molar-refractivity contribution in [3.63, 3.8) is 0 Å². The first-order valence-corrected chi connectivity index (χ1v) is 4.61. The van der Waals surface area contributed by atoms with Crippen molar-refractivity contribution in [2.45, 2.75) is 27.2 Å². The van der Waals surface area contributed by atoms with E-state index in [2.05, 4.69) is 0 Å². The van der Waals surface area contributed by atoms with Crippen LogP contribution in [0.4, 0.5) is 4.79 Å². The number of allylic oxidation sites excluding steroid dienone is 1. The maximum Gasteiger partial charge on any atom is 0.508 e. The minimum absolute atomic E-state index is 0.296. The second-order valence-electron chi connectivity index (χ2n) is 3.15. The molecule has 0 aliphatic carbocycles. The van der Waals surface area contributed by atoms with Gasteiger partial charge in [0.05, 0.1) is 6.61 Å². The topological polar surface area (TPSA) is 35.5 Å². The third-order valence-corrected chi connectivity index (χ3v) is 1.23. The highest BCUT2D eigenvalue weighted by molar-refractivity contribution is 5.59. The molecule has 0 spiro atoms. The Bertz CT molecular complexity index is 162. The molecule has 0 amide bonds. The van der Waals surface area contributed by atoms with Crippen LogP contribution in [0, 0.1) is 5.92 Å². The van der Waals surface area contributed by atoms with Crippen molar-refractivity contribution in [3.05, 3.63) is 12.2 Å². The van der Waals surface area contributed by atoms with E-state index in [1.807, 2.05) is 26.8 Å². The monoisotopic (exact) mass is 186 g/mol. The molecule has 0 aromatic heterocycles. The maximum atomic E-state index is 10.8. The predicted molar refractivity (Wildman–Crippen MR) is 51.6 cm³/mol. The van der Waals surface area contributed by atoms with E-state index in [4.69, 9.17) is 9.47 Å². The molecular weight excluding hydrogens is 168 g/mol. The molecule has 0 aliphatic rings. The van der Waals surface area contributed by atoms with Crippen molar-refractivity contribution in [1.29, 1.82) is 0 Å². The molecule has 0 saturated heterocycles. The fourth-order valence-electron chi connectivity index (χ4n) is 0.627. The van der Waals surface area contributed by atoms with Crippen LogP contribution >= 0.6 is 0 Å². The van der Waals surface area contributed by atoms with E-state index < -0.39 is 6.16 Å². The number of rotatable bonds is 5. The molecular formula is C10H18O3. The van der Waals surface area contributed by atoms with Gasteiger partial charge in [-0.05, 0) is 12.3 Å². The first kappa shape index (κ1) is 12.0. The van der Waals surface area contributed by atoms with Crippen LogP contribution in [-0.2, 0) is 9.47 Å². The van der Waals surface area contributed by atoms with E-state index in [9.17, 15) is 4.79 Å². The summed E-state index contributed by atoms with van der Waals surface area (Å²) < 4.78 is 9.54. The van der Waals surface area contributed by atoms with Crippen LogP contribution in [0.3, 0.4) is 0 Å². The van der Waals surface area contributed by atoms with Crippen molar-refractivity contribution < 1.29 is 14.3 Å². The quantitative estimate of drug-likeness (QED) is 0.489. The third kappa shape index (κ3) is 8.92. The molecule has 0 heterocycles. The molecule has 0 atom stereocenters. The number of carbonyl (C=O) groups is 1. The molecule has 0 rings (SSSR count). The lowest BCUT2D eigenvalue weighted by Gasteiger charge is -2.05. The Morgan fingerprint density at radius 1 is 1.31 bits per heavy atom. The van der Waals surface area contributed by atoms with Gasteiger partial charge in [-0.2, -0.15) is 0 Å². The molecule has 0 N–H and O–H groups in total. The molecule has 3 heteroatoms. The van der Waals surface area contributed by atoms with Gasteiger partial charge in [0.1, 0.15) is 6.61 Å². The van der Waals surface area contributed by atoms with Crippen LogP contribution in [0.2, 0.25) is 0 Å². The van der Waals surface area contributed by atoms with Crippen molar-refractivity contribution >= 4 is 6.16 Å². The lowest BCUT2D eigenvalue weighted by molar-refractivity contribution is 0.0550. The summed E-state index contributed by atoms with van der Waals surface area (Å²) in [5, 5.41) is 0. The fourth-order valence-corrected chi connectivity index (χ4v) is 0.627. The van der Waals surface area contributed by atoms with E-state index in [1.165, 1.54) is 0 Å². The van der Waals surface area contributed by atoms with Gasteiger partial charge < -0.3 is 9.47 Å². The van der Waals surface area contributed by atoms with Gasteiger partial charge in [-0.25, -0.2) is 4.79 Å². The number of hydrogen-bond donors (Lipinski definition) is 0. The fraction of sp³-hybridized carbons (Fsp3) is 0.700. The highest BCUT2D eigenvalue weighted by Crippen LogP contribution is 1.94. The Hall–Kier alpha value is -0.990. The second kappa shape index (κ2) is 7.65. The van der Waals surface area contributed by atoms with Crippen molar-refractivity contribution in [3.8, 4) is 0 Å². The van der Waals surface area contributed by atoms with Gasteiger partial charge in [-0.15, -0.1) is 0 Å². The normalized spacial score (nSPS) is 10.8. The second-order valence-corrected chi connectivity index (χ2v) is 3.15. The molecule has 0 bridgehead atoms. The van der Waals surface area contributed by atoms with E-state index in [1.54, 1.807) is 6.08 Å². The maximum absolute atomic E-state index is 10.8. The molecule has 76 valence electrons. The molecule has 0 aromatic carbocycles. The van der Waals surface area contributed by atoms with E-state index in [-0.39, 0.29) is 0 Å². The van der Waals surface area contributed by atoms with Crippen LogP contribution in [0.1, 0.15) is 27.2 Å². The van der Waals surface area contributed by atoms with Gasteiger partial charge in [0.2, 0.25) is 0 Å². The number of hydrogen-bond acceptors (Lipinski definition) is 3. The predicted octanol–water partition coefficient (Wildman–Crippen LogP) is 2.76. The lowest BCUT2D eigenvalue weighted by atomic mass is 10.2. The highest BCUT2D eigenvalue weighted by Gasteiger charge is 2.02. The van der Waals surface area contributed by atoms with Crippen LogP contribution in [-0.4, -0.2) is 19.4 Å². The minimum atomic E-state index is -0.588.